The number of nitrogens with zero attached hydrogens (tertiary/aromatic N) is 1. The van der Waals surface area contributed by atoms with Crippen LogP contribution in [-0.4, -0.2) is 37.0 Å². The highest BCUT2D eigenvalue weighted by Crippen LogP contribution is 2.16. The number of hydrogen-bond acceptors (Lipinski definition) is 3. The van der Waals surface area contributed by atoms with Crippen molar-refractivity contribution in [3.8, 4) is 0 Å². The van der Waals surface area contributed by atoms with E-state index in [9.17, 15) is 4.79 Å². The van der Waals surface area contributed by atoms with E-state index in [1.807, 2.05) is 6.07 Å². The molecule has 0 atom stereocenters. The molecule has 6 heteroatoms. The monoisotopic (exact) mass is 361 g/mol. The van der Waals surface area contributed by atoms with Gasteiger partial charge in [0.2, 0.25) is 0 Å². The molecule has 0 aromatic heterocycles. The molecule has 0 saturated carbocycles. The van der Waals surface area contributed by atoms with Gasteiger partial charge in [0.1, 0.15) is 0 Å². The third kappa shape index (κ3) is 7.91. The molecule has 2 rings (SSSR count). The normalized spacial score (nSPS) is 15.3. The molecule has 1 aromatic rings. The standard InChI is InChI=1S/C17H27N3O.2ClH/c1-14-7-11-20(12-8-14)10-3-2-9-19-17(21)15-5-4-6-16(18)13-15;;/h4-6,13-14H,2-3,7-12,18H2,1H3,(H,19,21);2*1H. The molecule has 0 radical (unpaired) electrons. The highest BCUT2D eigenvalue weighted by Gasteiger charge is 2.14. The largest absolute Gasteiger partial charge is 0.399 e. The van der Waals surface area contributed by atoms with Crippen molar-refractivity contribution in [1.82, 2.24) is 10.2 Å². The summed E-state index contributed by atoms with van der Waals surface area (Å²) in [6, 6.07) is 7.10. The number of likely N-dealkylation sites (tertiary alicyclic amines) is 1. The lowest BCUT2D eigenvalue weighted by Gasteiger charge is -2.30. The molecular weight excluding hydrogens is 333 g/mol. The Morgan fingerprint density at radius 1 is 1.26 bits per heavy atom. The van der Waals surface area contributed by atoms with Crippen LogP contribution in [0.1, 0.15) is 43.0 Å². The first-order chi connectivity index (χ1) is 10.1. The summed E-state index contributed by atoms with van der Waals surface area (Å²) in [6.07, 6.45) is 4.82. The summed E-state index contributed by atoms with van der Waals surface area (Å²) in [4.78, 5) is 14.5. The second-order valence-electron chi connectivity index (χ2n) is 6.11. The van der Waals surface area contributed by atoms with Gasteiger partial charge in [-0.1, -0.05) is 13.0 Å². The summed E-state index contributed by atoms with van der Waals surface area (Å²) in [5.41, 5.74) is 6.95. The van der Waals surface area contributed by atoms with Crippen LogP contribution in [0.5, 0.6) is 0 Å². The Hall–Kier alpha value is -0.970. The van der Waals surface area contributed by atoms with Crippen molar-refractivity contribution in [3.05, 3.63) is 29.8 Å². The molecule has 1 aromatic carbocycles. The van der Waals surface area contributed by atoms with Gasteiger partial charge in [0.25, 0.3) is 5.91 Å². The van der Waals surface area contributed by atoms with Crippen molar-refractivity contribution in [2.45, 2.75) is 32.6 Å². The molecule has 0 aliphatic carbocycles. The average Bonchev–Trinajstić information content (AvgIpc) is 2.48. The summed E-state index contributed by atoms with van der Waals surface area (Å²) in [6.45, 7) is 6.69. The number of anilines is 1. The zero-order valence-corrected chi connectivity index (χ0v) is 15.4. The number of piperidine rings is 1. The molecule has 3 N–H and O–H groups in total. The second-order valence-corrected chi connectivity index (χ2v) is 6.11. The zero-order valence-electron chi connectivity index (χ0n) is 13.8. The fraction of sp³-hybridized carbons (Fsp3) is 0.588. The first-order valence-corrected chi connectivity index (χ1v) is 8.01. The minimum atomic E-state index is -0.0332. The van der Waals surface area contributed by atoms with Gasteiger partial charge in [0, 0.05) is 17.8 Å². The van der Waals surface area contributed by atoms with Crippen molar-refractivity contribution in [3.63, 3.8) is 0 Å². The second kappa shape index (κ2) is 11.5. The van der Waals surface area contributed by atoms with Crippen molar-refractivity contribution in [2.75, 3.05) is 31.9 Å². The predicted octanol–water partition coefficient (Wildman–Crippen LogP) is 3.35. The van der Waals surface area contributed by atoms with Crippen molar-refractivity contribution >= 4 is 36.4 Å². The van der Waals surface area contributed by atoms with E-state index >= 15 is 0 Å². The van der Waals surface area contributed by atoms with Gasteiger partial charge in [-0.05, 0) is 69.4 Å². The van der Waals surface area contributed by atoms with Gasteiger partial charge in [0.05, 0.1) is 0 Å². The fourth-order valence-corrected chi connectivity index (χ4v) is 2.73. The van der Waals surface area contributed by atoms with Gasteiger partial charge >= 0.3 is 0 Å². The molecule has 0 bridgehead atoms. The molecule has 1 aliphatic rings. The first-order valence-electron chi connectivity index (χ1n) is 8.01. The predicted molar refractivity (Wildman–Crippen MR) is 102 cm³/mol. The number of carbonyl (C=O) groups is 1. The minimum Gasteiger partial charge on any atom is -0.399 e. The van der Waals surface area contributed by atoms with Crippen LogP contribution in [0.2, 0.25) is 0 Å². The van der Waals surface area contributed by atoms with Crippen LogP contribution in [0, 0.1) is 5.92 Å². The SMILES string of the molecule is CC1CCN(CCCCNC(=O)c2cccc(N)c2)CC1.Cl.Cl. The molecule has 4 nitrogen and oxygen atoms in total. The lowest BCUT2D eigenvalue weighted by atomic mass is 9.99. The van der Waals surface area contributed by atoms with E-state index < -0.39 is 0 Å². The number of amides is 1. The van der Waals surface area contributed by atoms with E-state index in [0.717, 1.165) is 31.8 Å². The molecule has 132 valence electrons. The molecule has 1 fully saturated rings. The summed E-state index contributed by atoms with van der Waals surface area (Å²) in [5.74, 6) is 0.855. The Morgan fingerprint density at radius 2 is 1.96 bits per heavy atom. The molecule has 0 unspecified atom stereocenters. The maximum absolute atomic E-state index is 11.9. The quantitative estimate of drug-likeness (QED) is 0.603. The van der Waals surface area contributed by atoms with Crippen LogP contribution in [0.25, 0.3) is 0 Å². The van der Waals surface area contributed by atoms with E-state index in [1.54, 1.807) is 18.2 Å². The molecule has 23 heavy (non-hydrogen) atoms. The topological polar surface area (TPSA) is 58.4 Å². The number of nitrogens with two attached hydrogens (primary N) is 1. The molecule has 1 aliphatic heterocycles. The number of benzene rings is 1. The number of unbranched alkanes of at least 4 members (excludes halogenated alkanes) is 1. The highest BCUT2D eigenvalue weighted by molar-refractivity contribution is 5.94. The van der Waals surface area contributed by atoms with Gasteiger partial charge in [0.15, 0.2) is 0 Å². The third-order valence-corrected chi connectivity index (χ3v) is 4.21. The maximum atomic E-state index is 11.9. The third-order valence-electron chi connectivity index (χ3n) is 4.21. The average molecular weight is 362 g/mol. The lowest BCUT2D eigenvalue weighted by Crippen LogP contribution is -2.34. The van der Waals surface area contributed by atoms with E-state index in [1.165, 1.54) is 25.9 Å². The van der Waals surface area contributed by atoms with Crippen LogP contribution in [0.3, 0.4) is 0 Å². The van der Waals surface area contributed by atoms with E-state index in [0.29, 0.717) is 11.3 Å². The van der Waals surface area contributed by atoms with E-state index in [2.05, 4.69) is 17.1 Å². The van der Waals surface area contributed by atoms with Crippen molar-refractivity contribution in [1.29, 1.82) is 0 Å². The number of nitrogen functional groups attached to an aromatic ring is 1. The van der Waals surface area contributed by atoms with Crippen LogP contribution < -0.4 is 11.1 Å². The summed E-state index contributed by atoms with van der Waals surface area (Å²) >= 11 is 0. The van der Waals surface area contributed by atoms with Gasteiger partial charge in [-0.15, -0.1) is 24.8 Å². The molecule has 1 amide bonds. The summed E-state index contributed by atoms with van der Waals surface area (Å²) in [5, 5.41) is 2.96. The number of rotatable bonds is 6. The van der Waals surface area contributed by atoms with E-state index in [4.69, 9.17) is 5.73 Å². The van der Waals surface area contributed by atoms with Crippen LogP contribution in [-0.2, 0) is 0 Å². The molecule has 0 spiro atoms. The first kappa shape index (κ1) is 22.0. The zero-order chi connectivity index (χ0) is 15.1. The van der Waals surface area contributed by atoms with Gasteiger partial charge < -0.3 is 16.0 Å². The van der Waals surface area contributed by atoms with Gasteiger partial charge in [-0.3, -0.25) is 4.79 Å². The van der Waals surface area contributed by atoms with Crippen LogP contribution in [0.15, 0.2) is 24.3 Å². The maximum Gasteiger partial charge on any atom is 0.251 e. The Balaban J connectivity index is 0.00000242. The minimum absolute atomic E-state index is 0. The fourth-order valence-electron chi connectivity index (χ4n) is 2.73. The summed E-state index contributed by atoms with van der Waals surface area (Å²) in [7, 11) is 0. The van der Waals surface area contributed by atoms with Gasteiger partial charge in [-0.2, -0.15) is 0 Å². The number of nitrogens with one attached hydrogen (secondary N) is 1. The highest BCUT2D eigenvalue weighted by atomic mass is 35.5. The number of halogens is 2. The van der Waals surface area contributed by atoms with E-state index in [-0.39, 0.29) is 30.7 Å². The Kier molecular flexibility index (Phi) is 11.1. The van der Waals surface area contributed by atoms with Crippen LogP contribution in [0.4, 0.5) is 5.69 Å². The Bertz CT molecular complexity index is 463. The van der Waals surface area contributed by atoms with Crippen molar-refractivity contribution in [2.24, 2.45) is 5.92 Å². The lowest BCUT2D eigenvalue weighted by molar-refractivity contribution is 0.0952. The molecule has 1 saturated heterocycles. The smallest absolute Gasteiger partial charge is 0.251 e. The van der Waals surface area contributed by atoms with Crippen LogP contribution >= 0.6 is 24.8 Å². The molecule has 1 heterocycles. The Labute approximate surface area is 152 Å². The number of hydrogen-bond donors (Lipinski definition) is 2. The summed E-state index contributed by atoms with van der Waals surface area (Å²) < 4.78 is 0. The number of carbonyl (C=O) groups excluding carboxylic acids is 1. The Morgan fingerprint density at radius 3 is 2.61 bits per heavy atom. The molecular formula is C17H29Cl2N3O. The van der Waals surface area contributed by atoms with Gasteiger partial charge in [-0.25, -0.2) is 0 Å². The van der Waals surface area contributed by atoms with Crippen molar-refractivity contribution < 1.29 is 4.79 Å².